The average Bonchev–Trinajstić information content (AvgIpc) is 3.38. The van der Waals surface area contributed by atoms with E-state index in [2.05, 4.69) is 0 Å². The van der Waals surface area contributed by atoms with Crippen LogP contribution in [0.3, 0.4) is 0 Å². The van der Waals surface area contributed by atoms with Crippen LogP contribution in [-0.2, 0) is 14.8 Å². The second-order valence-electron chi connectivity index (χ2n) is 7.46. The Morgan fingerprint density at radius 2 is 1.79 bits per heavy atom. The van der Waals surface area contributed by atoms with Gasteiger partial charge in [-0.05, 0) is 47.8 Å². The Morgan fingerprint density at radius 3 is 2.48 bits per heavy atom. The first-order valence-corrected chi connectivity index (χ1v) is 12.5. The molecule has 0 saturated carbocycles. The molecule has 10 heteroatoms. The summed E-state index contributed by atoms with van der Waals surface area (Å²) in [5.41, 5.74) is 0.494. The van der Waals surface area contributed by atoms with E-state index in [1.54, 1.807) is 48.8 Å². The van der Waals surface area contributed by atoms with E-state index in [4.69, 9.17) is 14.2 Å². The number of rotatable bonds is 8. The number of amides is 1. The summed E-state index contributed by atoms with van der Waals surface area (Å²) in [4.78, 5) is 14.0. The highest BCUT2D eigenvalue weighted by atomic mass is 32.2. The maximum absolute atomic E-state index is 12.6. The fourth-order valence-corrected chi connectivity index (χ4v) is 5.61. The van der Waals surface area contributed by atoms with Crippen LogP contribution in [0, 0.1) is 0 Å². The quantitative estimate of drug-likeness (QED) is 0.484. The van der Waals surface area contributed by atoms with Crippen molar-refractivity contribution >= 4 is 33.0 Å². The number of anilines is 1. The van der Waals surface area contributed by atoms with Gasteiger partial charge in [0.25, 0.3) is 15.9 Å². The van der Waals surface area contributed by atoms with Gasteiger partial charge in [-0.1, -0.05) is 18.2 Å². The van der Waals surface area contributed by atoms with Gasteiger partial charge >= 0.3 is 0 Å². The number of para-hydroxylation sites is 2. The molecule has 0 fully saturated rings. The van der Waals surface area contributed by atoms with Gasteiger partial charge in [-0.15, -0.1) is 11.3 Å². The van der Waals surface area contributed by atoms with Crippen molar-refractivity contribution < 1.29 is 27.4 Å². The number of benzene rings is 2. The van der Waals surface area contributed by atoms with E-state index in [-0.39, 0.29) is 22.8 Å². The van der Waals surface area contributed by atoms with Crippen LogP contribution >= 0.6 is 11.3 Å². The molecule has 0 N–H and O–H groups in total. The molecule has 2 heterocycles. The first-order chi connectivity index (χ1) is 15.8. The highest BCUT2D eigenvalue weighted by Crippen LogP contribution is 2.31. The second kappa shape index (κ2) is 9.72. The highest BCUT2D eigenvalue weighted by Gasteiger charge is 2.24. The zero-order valence-electron chi connectivity index (χ0n) is 18.2. The monoisotopic (exact) mass is 488 g/mol. The SMILES string of the molecule is CN(C[C@@H]1COc2ccccc2O1)C(=O)COc1ccc(N(C)S(=O)(=O)c2cccs2)cc1. The van der Waals surface area contributed by atoms with E-state index in [0.717, 1.165) is 0 Å². The number of hydrogen-bond donors (Lipinski definition) is 0. The molecule has 174 valence electrons. The van der Waals surface area contributed by atoms with Gasteiger partial charge in [0.1, 0.15) is 16.6 Å². The van der Waals surface area contributed by atoms with Crippen LogP contribution < -0.4 is 18.5 Å². The summed E-state index contributed by atoms with van der Waals surface area (Å²) in [5.74, 6) is 1.62. The van der Waals surface area contributed by atoms with E-state index in [1.165, 1.54) is 27.6 Å². The Morgan fingerprint density at radius 1 is 1.06 bits per heavy atom. The lowest BCUT2D eigenvalue weighted by atomic mass is 10.2. The van der Waals surface area contributed by atoms with Gasteiger partial charge in [-0.25, -0.2) is 8.42 Å². The molecule has 0 unspecified atom stereocenters. The normalized spacial score (nSPS) is 15.0. The van der Waals surface area contributed by atoms with Gasteiger partial charge in [-0.2, -0.15) is 0 Å². The maximum atomic E-state index is 12.6. The van der Waals surface area contributed by atoms with Crippen molar-refractivity contribution in [1.82, 2.24) is 4.90 Å². The van der Waals surface area contributed by atoms with Crippen molar-refractivity contribution in [3.8, 4) is 17.2 Å². The third kappa shape index (κ3) is 5.23. The number of fused-ring (bicyclic) bond motifs is 1. The molecule has 4 rings (SSSR count). The molecule has 1 amide bonds. The summed E-state index contributed by atoms with van der Waals surface area (Å²) in [6.07, 6.45) is -0.269. The smallest absolute Gasteiger partial charge is 0.273 e. The molecule has 1 aliphatic heterocycles. The molecule has 3 aromatic rings. The first kappa shape index (κ1) is 22.9. The van der Waals surface area contributed by atoms with Crippen LogP contribution in [0.4, 0.5) is 5.69 Å². The van der Waals surface area contributed by atoms with Gasteiger partial charge in [0, 0.05) is 14.1 Å². The maximum Gasteiger partial charge on any atom is 0.273 e. The predicted molar refractivity (Wildman–Crippen MR) is 126 cm³/mol. The topological polar surface area (TPSA) is 85.4 Å². The zero-order chi connectivity index (χ0) is 23.4. The molecular weight excluding hydrogens is 464 g/mol. The lowest BCUT2D eigenvalue weighted by Gasteiger charge is -2.29. The van der Waals surface area contributed by atoms with Gasteiger partial charge in [-0.3, -0.25) is 9.10 Å². The number of thiophene rings is 1. The Bertz CT molecular complexity index is 1200. The fraction of sp³-hybridized carbons (Fsp3) is 0.261. The standard InChI is InChI=1S/C23H24N2O6S2/c1-24(14-19-15-30-20-6-3-4-7-21(20)31-19)22(26)16-29-18-11-9-17(10-12-18)25(2)33(27,28)23-8-5-13-32-23/h3-13,19H,14-16H2,1-2H3/t19-/m1/s1. The van der Waals surface area contributed by atoms with Crippen LogP contribution in [0.15, 0.2) is 70.3 Å². The molecule has 1 aromatic heterocycles. The van der Waals surface area contributed by atoms with Gasteiger partial charge < -0.3 is 19.1 Å². The summed E-state index contributed by atoms with van der Waals surface area (Å²) in [7, 11) is -0.421. The van der Waals surface area contributed by atoms with Crippen LogP contribution in [-0.4, -0.2) is 59.2 Å². The number of sulfonamides is 1. The number of ether oxygens (including phenoxy) is 3. The van der Waals surface area contributed by atoms with Gasteiger partial charge in [0.15, 0.2) is 24.2 Å². The summed E-state index contributed by atoms with van der Waals surface area (Å²) < 4.78 is 43.9. The Kier molecular flexibility index (Phi) is 6.75. The fourth-order valence-electron chi connectivity index (χ4n) is 3.25. The molecule has 0 radical (unpaired) electrons. The molecule has 33 heavy (non-hydrogen) atoms. The number of hydrogen-bond acceptors (Lipinski definition) is 7. The van der Waals surface area contributed by atoms with Crippen LogP contribution in [0.25, 0.3) is 0 Å². The summed E-state index contributed by atoms with van der Waals surface area (Å²) in [6, 6.07) is 17.2. The van der Waals surface area contributed by atoms with Crippen molar-refractivity contribution in [2.24, 2.45) is 0 Å². The number of likely N-dealkylation sites (N-methyl/N-ethyl adjacent to an activating group) is 1. The lowest BCUT2D eigenvalue weighted by molar-refractivity contribution is -0.133. The average molecular weight is 489 g/mol. The van der Waals surface area contributed by atoms with Crippen molar-refractivity contribution in [3.63, 3.8) is 0 Å². The molecule has 0 spiro atoms. The van der Waals surface area contributed by atoms with Gasteiger partial charge in [0.05, 0.1) is 12.2 Å². The first-order valence-electron chi connectivity index (χ1n) is 10.2. The minimum Gasteiger partial charge on any atom is -0.486 e. The zero-order valence-corrected chi connectivity index (χ0v) is 19.8. The van der Waals surface area contributed by atoms with Crippen LogP contribution in [0.5, 0.6) is 17.2 Å². The number of carbonyl (C=O) groups excluding carboxylic acids is 1. The molecule has 0 bridgehead atoms. The predicted octanol–water partition coefficient (Wildman–Crippen LogP) is 3.25. The highest BCUT2D eigenvalue weighted by molar-refractivity contribution is 7.94. The minimum atomic E-state index is -3.60. The van der Waals surface area contributed by atoms with Crippen molar-refractivity contribution in [2.75, 3.05) is 38.2 Å². The molecule has 1 aliphatic rings. The van der Waals surface area contributed by atoms with E-state index in [1.807, 2.05) is 24.3 Å². The second-order valence-corrected chi connectivity index (χ2v) is 10.6. The third-order valence-corrected chi connectivity index (χ3v) is 8.30. The largest absolute Gasteiger partial charge is 0.486 e. The van der Waals surface area contributed by atoms with Crippen LogP contribution in [0.2, 0.25) is 0 Å². The molecule has 0 aliphatic carbocycles. The van der Waals surface area contributed by atoms with Crippen molar-refractivity contribution in [2.45, 2.75) is 10.3 Å². The Balaban J connectivity index is 1.29. The molecule has 2 aromatic carbocycles. The summed E-state index contributed by atoms with van der Waals surface area (Å²) in [6.45, 7) is 0.572. The third-order valence-electron chi connectivity index (χ3n) is 5.14. The number of carbonyl (C=O) groups is 1. The number of nitrogens with zero attached hydrogens (tertiary/aromatic N) is 2. The Hall–Kier alpha value is -3.24. The lowest BCUT2D eigenvalue weighted by Crippen LogP contribution is -2.43. The molecule has 1 atom stereocenters. The van der Waals surface area contributed by atoms with E-state index in [9.17, 15) is 13.2 Å². The summed E-state index contributed by atoms with van der Waals surface area (Å²) >= 11 is 1.17. The molecule has 8 nitrogen and oxygen atoms in total. The summed E-state index contributed by atoms with van der Waals surface area (Å²) in [5, 5.41) is 1.72. The van der Waals surface area contributed by atoms with Gasteiger partial charge in [0.2, 0.25) is 0 Å². The van der Waals surface area contributed by atoms with E-state index < -0.39 is 10.0 Å². The molecular formula is C23H24N2O6S2. The van der Waals surface area contributed by atoms with Crippen LogP contribution in [0.1, 0.15) is 0 Å². The minimum absolute atomic E-state index is 0.149. The Labute approximate surface area is 197 Å². The van der Waals surface area contributed by atoms with E-state index in [0.29, 0.717) is 36.1 Å². The van der Waals surface area contributed by atoms with Crippen molar-refractivity contribution in [1.29, 1.82) is 0 Å². The van der Waals surface area contributed by atoms with E-state index >= 15 is 0 Å². The van der Waals surface area contributed by atoms with Crippen molar-refractivity contribution in [3.05, 3.63) is 66.0 Å². The molecule has 0 saturated heterocycles.